The van der Waals surface area contributed by atoms with Crippen LogP contribution in [0.25, 0.3) is 0 Å². The number of carbonyl (C=O) groups is 1. The average molecular weight is 463 g/mol. The Hall–Kier alpha value is -3.23. The van der Waals surface area contributed by atoms with Gasteiger partial charge in [0.25, 0.3) is 15.9 Å². The summed E-state index contributed by atoms with van der Waals surface area (Å²) >= 11 is 0. The maximum atomic E-state index is 13.3. The zero-order valence-corrected chi connectivity index (χ0v) is 19.1. The molecule has 0 aromatic heterocycles. The van der Waals surface area contributed by atoms with E-state index in [-0.39, 0.29) is 23.5 Å². The summed E-state index contributed by atoms with van der Waals surface area (Å²) in [6.07, 6.45) is 5.22. The van der Waals surface area contributed by atoms with Crippen molar-refractivity contribution in [3.63, 3.8) is 0 Å². The highest BCUT2D eigenvalue weighted by atomic mass is 32.2. The fourth-order valence-corrected chi connectivity index (χ4v) is 5.61. The molecule has 170 valence electrons. The fourth-order valence-electron chi connectivity index (χ4n) is 4.62. The first-order valence-electron chi connectivity index (χ1n) is 11.1. The summed E-state index contributed by atoms with van der Waals surface area (Å²) in [7, 11) is -3.54. The fraction of sp³-hybridized carbons (Fsp3) is 0.280. The smallest absolute Gasteiger partial charge is 0.257 e. The summed E-state index contributed by atoms with van der Waals surface area (Å²) < 4.78 is 28.0. The second-order valence-corrected chi connectivity index (χ2v) is 10.1. The van der Waals surface area contributed by atoms with Gasteiger partial charge in [0.05, 0.1) is 17.4 Å². The van der Waals surface area contributed by atoms with Crippen molar-refractivity contribution in [2.45, 2.75) is 6.04 Å². The van der Waals surface area contributed by atoms with Crippen LogP contribution < -0.4 is 0 Å². The van der Waals surface area contributed by atoms with E-state index in [1.807, 2.05) is 12.1 Å². The maximum Gasteiger partial charge on any atom is 0.257 e. The summed E-state index contributed by atoms with van der Waals surface area (Å²) in [5, 5.41) is 0. The van der Waals surface area contributed by atoms with Crippen LogP contribution in [-0.4, -0.2) is 73.3 Å². The minimum atomic E-state index is -3.54. The molecule has 3 heterocycles. The van der Waals surface area contributed by atoms with Gasteiger partial charge in [-0.1, -0.05) is 60.7 Å². The minimum absolute atomic E-state index is 0.0403. The number of allylic oxidation sites excluding steroid dienone is 2. The van der Waals surface area contributed by atoms with Crippen LogP contribution in [0.1, 0.15) is 17.2 Å². The Morgan fingerprint density at radius 2 is 1.45 bits per heavy atom. The van der Waals surface area contributed by atoms with Crippen LogP contribution in [0.3, 0.4) is 0 Å². The Balaban J connectivity index is 1.34. The van der Waals surface area contributed by atoms with Crippen molar-refractivity contribution in [1.82, 2.24) is 14.7 Å². The van der Waals surface area contributed by atoms with E-state index in [4.69, 9.17) is 0 Å². The zero-order valence-electron chi connectivity index (χ0n) is 18.2. The summed E-state index contributed by atoms with van der Waals surface area (Å²) in [5.74, 6) is 0.0277. The molecule has 5 rings (SSSR count). The SMILES string of the molecule is O=C(C1=CC=CN2CCS(=O)(=O)N=C12)N1CCN(C(c2ccccc2)c2ccccc2)CC1. The van der Waals surface area contributed by atoms with Crippen LogP contribution >= 0.6 is 0 Å². The van der Waals surface area contributed by atoms with Crippen LogP contribution in [0.5, 0.6) is 0 Å². The molecular formula is C25H26N4O3S. The van der Waals surface area contributed by atoms with E-state index in [1.54, 1.807) is 28.2 Å². The second kappa shape index (κ2) is 8.96. The van der Waals surface area contributed by atoms with Gasteiger partial charge in [-0.05, 0) is 23.3 Å². The number of benzene rings is 2. The number of nitrogens with zero attached hydrogens (tertiary/aromatic N) is 4. The van der Waals surface area contributed by atoms with Crippen LogP contribution in [0.2, 0.25) is 0 Å². The topological polar surface area (TPSA) is 73.3 Å². The first kappa shape index (κ1) is 21.6. The number of amidine groups is 1. The number of carbonyl (C=O) groups excluding carboxylic acids is 1. The third-order valence-corrected chi connectivity index (χ3v) is 7.43. The summed E-state index contributed by atoms with van der Waals surface area (Å²) in [4.78, 5) is 19.3. The van der Waals surface area contributed by atoms with E-state index in [1.165, 1.54) is 11.1 Å². The van der Waals surface area contributed by atoms with Gasteiger partial charge >= 0.3 is 0 Å². The van der Waals surface area contributed by atoms with E-state index < -0.39 is 10.0 Å². The third kappa shape index (κ3) is 4.49. The average Bonchev–Trinajstić information content (AvgIpc) is 2.85. The lowest BCUT2D eigenvalue weighted by molar-refractivity contribution is -0.128. The molecule has 1 fully saturated rings. The third-order valence-electron chi connectivity index (χ3n) is 6.29. The van der Waals surface area contributed by atoms with Crippen molar-refractivity contribution in [3.8, 4) is 0 Å². The number of rotatable bonds is 4. The van der Waals surface area contributed by atoms with E-state index in [0.717, 1.165) is 13.1 Å². The van der Waals surface area contributed by atoms with Crippen LogP contribution in [0, 0.1) is 0 Å². The molecule has 3 aliphatic rings. The van der Waals surface area contributed by atoms with Crippen LogP contribution in [-0.2, 0) is 14.8 Å². The summed E-state index contributed by atoms with van der Waals surface area (Å²) in [6, 6.07) is 20.9. The number of hydrogen-bond donors (Lipinski definition) is 0. The molecule has 0 bridgehead atoms. The molecule has 0 N–H and O–H groups in total. The molecule has 33 heavy (non-hydrogen) atoms. The monoisotopic (exact) mass is 462 g/mol. The van der Waals surface area contributed by atoms with Crippen molar-refractivity contribution in [2.24, 2.45) is 4.40 Å². The summed E-state index contributed by atoms with van der Waals surface area (Å²) in [5.41, 5.74) is 2.79. The molecule has 0 radical (unpaired) electrons. The van der Waals surface area contributed by atoms with Gasteiger partial charge in [0.15, 0.2) is 5.84 Å². The van der Waals surface area contributed by atoms with Crippen molar-refractivity contribution >= 4 is 21.8 Å². The lowest BCUT2D eigenvalue weighted by Crippen LogP contribution is -2.52. The molecule has 3 aliphatic heterocycles. The van der Waals surface area contributed by atoms with Gasteiger partial charge in [0, 0.05) is 38.9 Å². The van der Waals surface area contributed by atoms with Gasteiger partial charge in [-0.15, -0.1) is 4.40 Å². The Bertz CT molecular complexity index is 1180. The number of fused-ring (bicyclic) bond motifs is 1. The number of amides is 1. The largest absolute Gasteiger partial charge is 0.336 e. The van der Waals surface area contributed by atoms with Gasteiger partial charge < -0.3 is 9.80 Å². The van der Waals surface area contributed by atoms with Gasteiger partial charge in [-0.25, -0.2) is 8.42 Å². The molecule has 7 nitrogen and oxygen atoms in total. The predicted octanol–water partition coefficient (Wildman–Crippen LogP) is 2.42. The van der Waals surface area contributed by atoms with Crippen molar-refractivity contribution in [3.05, 3.63) is 95.7 Å². The minimum Gasteiger partial charge on any atom is -0.336 e. The van der Waals surface area contributed by atoms with E-state index in [9.17, 15) is 13.2 Å². The Kier molecular flexibility index (Phi) is 5.86. The molecular weight excluding hydrogens is 436 g/mol. The van der Waals surface area contributed by atoms with E-state index in [2.05, 4.69) is 57.8 Å². The second-order valence-electron chi connectivity index (χ2n) is 8.37. The maximum absolute atomic E-state index is 13.3. The normalized spacial score (nSPS) is 20.3. The van der Waals surface area contributed by atoms with Crippen molar-refractivity contribution in [2.75, 3.05) is 38.5 Å². The van der Waals surface area contributed by atoms with E-state index >= 15 is 0 Å². The first-order valence-corrected chi connectivity index (χ1v) is 12.7. The van der Waals surface area contributed by atoms with Gasteiger partial charge in [0.2, 0.25) is 0 Å². The zero-order chi connectivity index (χ0) is 22.8. The quantitative estimate of drug-likeness (QED) is 0.698. The van der Waals surface area contributed by atoms with Crippen molar-refractivity contribution in [1.29, 1.82) is 0 Å². The van der Waals surface area contributed by atoms with Gasteiger partial charge in [-0.3, -0.25) is 9.69 Å². The Morgan fingerprint density at radius 3 is 2.06 bits per heavy atom. The molecule has 8 heteroatoms. The number of sulfonamides is 1. The molecule has 1 saturated heterocycles. The highest BCUT2D eigenvalue weighted by Crippen LogP contribution is 2.30. The molecule has 0 atom stereocenters. The lowest BCUT2D eigenvalue weighted by Gasteiger charge is -2.40. The van der Waals surface area contributed by atoms with Crippen molar-refractivity contribution < 1.29 is 13.2 Å². The van der Waals surface area contributed by atoms with E-state index in [0.29, 0.717) is 25.2 Å². The Labute approximate surface area is 194 Å². The Morgan fingerprint density at radius 1 is 0.848 bits per heavy atom. The molecule has 2 aromatic carbocycles. The highest BCUT2D eigenvalue weighted by Gasteiger charge is 2.34. The molecule has 0 spiro atoms. The molecule has 0 unspecified atom stereocenters. The van der Waals surface area contributed by atoms with Gasteiger partial charge in [-0.2, -0.15) is 0 Å². The van der Waals surface area contributed by atoms with Crippen LogP contribution in [0.15, 0.2) is 89.0 Å². The molecule has 2 aromatic rings. The first-order chi connectivity index (χ1) is 16.0. The highest BCUT2D eigenvalue weighted by molar-refractivity contribution is 7.90. The standard InChI is InChI=1S/C25H26N4O3S/c30-25(22-12-7-13-28-18-19-33(31,32)26-24(22)28)29-16-14-27(15-17-29)23(20-8-3-1-4-9-20)21-10-5-2-6-11-21/h1-13,23H,14-19H2. The predicted molar refractivity (Wildman–Crippen MR) is 128 cm³/mol. The molecule has 1 amide bonds. The molecule has 0 saturated carbocycles. The lowest BCUT2D eigenvalue weighted by atomic mass is 9.96. The number of piperazine rings is 1. The molecule has 0 aliphatic carbocycles. The summed E-state index contributed by atoms with van der Waals surface area (Å²) in [6.45, 7) is 2.88. The van der Waals surface area contributed by atoms with Crippen LogP contribution in [0.4, 0.5) is 0 Å². The van der Waals surface area contributed by atoms with Gasteiger partial charge in [0.1, 0.15) is 0 Å². The number of hydrogen-bond acceptors (Lipinski definition) is 5.